The van der Waals surface area contributed by atoms with Crippen LogP contribution in [0.5, 0.6) is 0 Å². The Kier molecular flexibility index (Phi) is 2.89. The van der Waals surface area contributed by atoms with Gasteiger partial charge in [0.2, 0.25) is 5.91 Å². The van der Waals surface area contributed by atoms with Crippen LogP contribution in [0.3, 0.4) is 0 Å². The first-order valence-electron chi connectivity index (χ1n) is 5.07. The minimum absolute atomic E-state index is 0.0574. The average Bonchev–Trinajstić information content (AvgIpc) is 2.23. The Labute approximate surface area is 91.4 Å². The lowest BCUT2D eigenvalue weighted by atomic mass is 9.92. The van der Waals surface area contributed by atoms with E-state index in [0.29, 0.717) is 6.42 Å². The molecule has 1 N–H and O–H groups in total. The lowest BCUT2D eigenvalue weighted by molar-refractivity contribution is -0.130. The van der Waals surface area contributed by atoms with E-state index in [9.17, 15) is 13.2 Å². The van der Waals surface area contributed by atoms with Crippen molar-refractivity contribution in [2.45, 2.75) is 39.7 Å². The van der Waals surface area contributed by atoms with Gasteiger partial charge in [0.25, 0.3) is 0 Å². The van der Waals surface area contributed by atoms with Gasteiger partial charge in [-0.1, -0.05) is 20.8 Å². The maximum Gasteiger partial charge on any atom is 0.225 e. The second-order valence-corrected chi connectivity index (χ2v) is 7.79. The van der Waals surface area contributed by atoms with Crippen molar-refractivity contribution in [3.05, 3.63) is 0 Å². The second-order valence-electron chi connectivity index (χ2n) is 5.61. The number of sulfone groups is 1. The summed E-state index contributed by atoms with van der Waals surface area (Å²) >= 11 is 0. The van der Waals surface area contributed by atoms with Crippen LogP contribution in [0.4, 0.5) is 0 Å². The fourth-order valence-corrected chi connectivity index (χ4v) is 3.66. The van der Waals surface area contributed by atoms with E-state index in [-0.39, 0.29) is 17.4 Å². The van der Waals surface area contributed by atoms with Gasteiger partial charge in [-0.2, -0.15) is 0 Å². The fourth-order valence-electron chi connectivity index (χ4n) is 1.57. The highest BCUT2D eigenvalue weighted by atomic mass is 32.2. The molecule has 88 valence electrons. The minimum atomic E-state index is -2.96. The summed E-state index contributed by atoms with van der Waals surface area (Å²) in [5.74, 6) is 0.137. The quantitative estimate of drug-likeness (QED) is 0.726. The van der Waals surface area contributed by atoms with Gasteiger partial charge in [-0.05, 0) is 13.3 Å². The number of rotatable bonds is 1. The monoisotopic (exact) mass is 233 g/mol. The van der Waals surface area contributed by atoms with Crippen molar-refractivity contribution in [1.29, 1.82) is 0 Å². The number of hydrogen-bond acceptors (Lipinski definition) is 3. The smallest absolute Gasteiger partial charge is 0.225 e. The molecule has 0 aromatic carbocycles. The first kappa shape index (κ1) is 12.5. The molecule has 0 spiro atoms. The van der Waals surface area contributed by atoms with Crippen LogP contribution in [0, 0.1) is 5.41 Å². The first-order chi connectivity index (χ1) is 6.54. The SMILES string of the molecule is CC1(NC(=O)C(C)(C)C)CCS(=O)(=O)C1. The van der Waals surface area contributed by atoms with Crippen LogP contribution in [-0.4, -0.2) is 31.4 Å². The van der Waals surface area contributed by atoms with Gasteiger partial charge in [-0.15, -0.1) is 0 Å². The highest BCUT2D eigenvalue weighted by Gasteiger charge is 2.40. The van der Waals surface area contributed by atoms with Crippen LogP contribution in [0.1, 0.15) is 34.1 Å². The zero-order valence-electron chi connectivity index (χ0n) is 9.75. The van der Waals surface area contributed by atoms with Gasteiger partial charge in [-0.25, -0.2) is 8.42 Å². The maximum atomic E-state index is 11.7. The van der Waals surface area contributed by atoms with Crippen LogP contribution in [0.2, 0.25) is 0 Å². The van der Waals surface area contributed by atoms with Crippen molar-refractivity contribution in [3.63, 3.8) is 0 Å². The lowest BCUT2D eigenvalue weighted by Gasteiger charge is -2.28. The molecule has 4 nitrogen and oxygen atoms in total. The van der Waals surface area contributed by atoms with Gasteiger partial charge in [-0.3, -0.25) is 4.79 Å². The summed E-state index contributed by atoms with van der Waals surface area (Å²) < 4.78 is 22.7. The number of nitrogens with one attached hydrogen (secondary N) is 1. The molecule has 0 radical (unpaired) electrons. The highest BCUT2D eigenvalue weighted by molar-refractivity contribution is 7.91. The van der Waals surface area contributed by atoms with E-state index in [0.717, 1.165) is 0 Å². The molecule has 5 heteroatoms. The summed E-state index contributed by atoms with van der Waals surface area (Å²) in [5, 5.41) is 2.83. The molecule has 1 saturated heterocycles. The summed E-state index contributed by atoms with van der Waals surface area (Å²) in [6.45, 7) is 7.24. The Bertz CT molecular complexity index is 367. The summed E-state index contributed by atoms with van der Waals surface area (Å²) in [6.07, 6.45) is 0.511. The third kappa shape index (κ3) is 3.19. The summed E-state index contributed by atoms with van der Waals surface area (Å²) in [6, 6.07) is 0. The molecule has 0 bridgehead atoms. The van der Waals surface area contributed by atoms with E-state index in [1.165, 1.54) is 0 Å². The third-order valence-corrected chi connectivity index (χ3v) is 4.50. The van der Waals surface area contributed by atoms with Crippen molar-refractivity contribution in [2.24, 2.45) is 5.41 Å². The van der Waals surface area contributed by atoms with Crippen LogP contribution >= 0.6 is 0 Å². The normalized spacial score (nSPS) is 30.1. The molecule has 15 heavy (non-hydrogen) atoms. The Balaban J connectivity index is 2.72. The molecule has 0 saturated carbocycles. The van der Waals surface area contributed by atoms with Gasteiger partial charge in [0.15, 0.2) is 9.84 Å². The molecular weight excluding hydrogens is 214 g/mol. The topological polar surface area (TPSA) is 63.2 Å². The minimum Gasteiger partial charge on any atom is -0.349 e. The number of amides is 1. The van der Waals surface area contributed by atoms with E-state index in [1.54, 1.807) is 6.92 Å². The van der Waals surface area contributed by atoms with E-state index in [4.69, 9.17) is 0 Å². The largest absolute Gasteiger partial charge is 0.349 e. The third-order valence-electron chi connectivity index (χ3n) is 2.60. The summed E-state index contributed by atoms with van der Waals surface area (Å²) in [5.41, 5.74) is -1.06. The molecule has 1 aliphatic rings. The molecule has 1 heterocycles. The van der Waals surface area contributed by atoms with Gasteiger partial charge in [0, 0.05) is 5.41 Å². The molecule has 0 aromatic heterocycles. The van der Waals surface area contributed by atoms with Crippen molar-refractivity contribution >= 4 is 15.7 Å². The van der Waals surface area contributed by atoms with E-state index >= 15 is 0 Å². The van der Waals surface area contributed by atoms with Crippen LogP contribution in [0.25, 0.3) is 0 Å². The predicted octanol–water partition coefficient (Wildman–Crippen LogP) is 0.726. The van der Waals surface area contributed by atoms with Gasteiger partial charge in [0.05, 0.1) is 17.0 Å². The summed E-state index contributed by atoms with van der Waals surface area (Å²) in [7, 11) is -2.96. The Morgan fingerprint density at radius 1 is 1.33 bits per heavy atom. The zero-order chi connectivity index (χ0) is 11.9. The van der Waals surface area contributed by atoms with Gasteiger partial charge >= 0.3 is 0 Å². The first-order valence-corrected chi connectivity index (χ1v) is 6.89. The van der Waals surface area contributed by atoms with Crippen LogP contribution in [0.15, 0.2) is 0 Å². The van der Waals surface area contributed by atoms with Gasteiger partial charge < -0.3 is 5.32 Å². The standard InChI is InChI=1S/C10H19NO3S/c1-9(2,3)8(12)11-10(4)5-6-15(13,14)7-10/h5-7H2,1-4H3,(H,11,12). The zero-order valence-corrected chi connectivity index (χ0v) is 10.6. The Hall–Kier alpha value is -0.580. The van der Waals surface area contributed by atoms with Crippen molar-refractivity contribution < 1.29 is 13.2 Å². The Morgan fingerprint density at radius 2 is 1.87 bits per heavy atom. The average molecular weight is 233 g/mol. The molecule has 0 aliphatic carbocycles. The van der Waals surface area contributed by atoms with Crippen LogP contribution in [-0.2, 0) is 14.6 Å². The molecular formula is C10H19NO3S. The predicted molar refractivity (Wildman–Crippen MR) is 59.3 cm³/mol. The van der Waals surface area contributed by atoms with E-state index in [2.05, 4.69) is 5.32 Å². The van der Waals surface area contributed by atoms with Crippen molar-refractivity contribution in [3.8, 4) is 0 Å². The molecule has 0 aromatic rings. The van der Waals surface area contributed by atoms with E-state index in [1.807, 2.05) is 20.8 Å². The molecule has 1 atom stereocenters. The van der Waals surface area contributed by atoms with Crippen molar-refractivity contribution in [1.82, 2.24) is 5.32 Å². The van der Waals surface area contributed by atoms with E-state index < -0.39 is 20.8 Å². The fraction of sp³-hybridized carbons (Fsp3) is 0.900. The summed E-state index contributed by atoms with van der Waals surface area (Å²) in [4.78, 5) is 11.7. The molecule has 1 rings (SSSR count). The lowest BCUT2D eigenvalue weighted by Crippen LogP contribution is -2.50. The second kappa shape index (κ2) is 3.47. The van der Waals surface area contributed by atoms with Gasteiger partial charge in [0.1, 0.15) is 0 Å². The molecule has 1 unspecified atom stereocenters. The maximum absolute atomic E-state index is 11.7. The highest BCUT2D eigenvalue weighted by Crippen LogP contribution is 2.24. The number of hydrogen-bond donors (Lipinski definition) is 1. The van der Waals surface area contributed by atoms with Crippen LogP contribution < -0.4 is 5.32 Å². The van der Waals surface area contributed by atoms with Crippen molar-refractivity contribution in [2.75, 3.05) is 11.5 Å². The molecule has 1 aliphatic heterocycles. The number of carbonyl (C=O) groups is 1. The Morgan fingerprint density at radius 3 is 2.20 bits per heavy atom. The molecule has 1 fully saturated rings. The number of carbonyl (C=O) groups excluding carboxylic acids is 1. The molecule has 1 amide bonds.